The Morgan fingerprint density at radius 2 is 2.21 bits per heavy atom. The number of allylic oxidation sites excluding steroid dienone is 1. The highest BCUT2D eigenvalue weighted by molar-refractivity contribution is 9.10. The number of aliphatic carboxylic acids is 1. The SMILES string of the molecule is O=C(O)C1=CCCc2cc(Br)ccc21. The average Bonchev–Trinajstić information content (AvgIpc) is 2.16. The third kappa shape index (κ3) is 1.60. The Bertz CT molecular complexity index is 421. The highest BCUT2D eigenvalue weighted by Gasteiger charge is 2.17. The van der Waals surface area contributed by atoms with Gasteiger partial charge in [-0.1, -0.05) is 28.1 Å². The van der Waals surface area contributed by atoms with E-state index in [2.05, 4.69) is 15.9 Å². The maximum Gasteiger partial charge on any atom is 0.335 e. The van der Waals surface area contributed by atoms with Gasteiger partial charge >= 0.3 is 5.97 Å². The van der Waals surface area contributed by atoms with Crippen molar-refractivity contribution in [2.45, 2.75) is 12.8 Å². The average molecular weight is 253 g/mol. The molecule has 0 amide bonds. The molecule has 1 aliphatic carbocycles. The van der Waals surface area contributed by atoms with Crippen LogP contribution in [0.25, 0.3) is 5.57 Å². The second-order valence-electron chi connectivity index (χ2n) is 3.26. The number of carbonyl (C=O) groups is 1. The third-order valence-electron chi connectivity index (χ3n) is 2.35. The van der Waals surface area contributed by atoms with Gasteiger partial charge in [0.15, 0.2) is 0 Å². The van der Waals surface area contributed by atoms with Crippen LogP contribution < -0.4 is 0 Å². The fraction of sp³-hybridized carbons (Fsp3) is 0.182. The second kappa shape index (κ2) is 3.58. The molecule has 1 aromatic rings. The first-order valence-electron chi connectivity index (χ1n) is 4.41. The van der Waals surface area contributed by atoms with Crippen molar-refractivity contribution in [2.75, 3.05) is 0 Å². The summed E-state index contributed by atoms with van der Waals surface area (Å²) in [6.45, 7) is 0. The van der Waals surface area contributed by atoms with Gasteiger partial charge in [-0.15, -0.1) is 0 Å². The molecule has 72 valence electrons. The van der Waals surface area contributed by atoms with E-state index in [9.17, 15) is 4.79 Å². The van der Waals surface area contributed by atoms with Gasteiger partial charge in [-0.3, -0.25) is 0 Å². The molecule has 3 heteroatoms. The van der Waals surface area contributed by atoms with Gasteiger partial charge < -0.3 is 5.11 Å². The van der Waals surface area contributed by atoms with E-state index in [0.29, 0.717) is 5.57 Å². The van der Waals surface area contributed by atoms with E-state index in [4.69, 9.17) is 5.11 Å². The van der Waals surface area contributed by atoms with E-state index < -0.39 is 5.97 Å². The summed E-state index contributed by atoms with van der Waals surface area (Å²) >= 11 is 3.38. The molecule has 0 fully saturated rings. The molecule has 2 nitrogen and oxygen atoms in total. The maximum absolute atomic E-state index is 10.9. The fourth-order valence-corrected chi connectivity index (χ4v) is 2.12. The van der Waals surface area contributed by atoms with Gasteiger partial charge in [-0.05, 0) is 36.1 Å². The van der Waals surface area contributed by atoms with Crippen molar-refractivity contribution in [3.63, 3.8) is 0 Å². The van der Waals surface area contributed by atoms with Gasteiger partial charge in [0.2, 0.25) is 0 Å². The third-order valence-corrected chi connectivity index (χ3v) is 2.84. The molecule has 0 unspecified atom stereocenters. The molecule has 0 aliphatic heterocycles. The Hall–Kier alpha value is -1.09. The summed E-state index contributed by atoms with van der Waals surface area (Å²) in [5, 5.41) is 8.97. The topological polar surface area (TPSA) is 37.3 Å². The molecular weight excluding hydrogens is 244 g/mol. The predicted molar refractivity (Wildman–Crippen MR) is 58.1 cm³/mol. The van der Waals surface area contributed by atoms with Gasteiger partial charge in [0.1, 0.15) is 0 Å². The summed E-state index contributed by atoms with van der Waals surface area (Å²) in [7, 11) is 0. The van der Waals surface area contributed by atoms with Crippen molar-refractivity contribution in [1.82, 2.24) is 0 Å². The van der Waals surface area contributed by atoms with Gasteiger partial charge in [-0.2, -0.15) is 0 Å². The number of carboxylic acid groups (broad SMARTS) is 1. The van der Waals surface area contributed by atoms with Crippen LogP contribution in [0.3, 0.4) is 0 Å². The molecule has 0 saturated carbocycles. The minimum atomic E-state index is -0.840. The molecular formula is C11H9BrO2. The molecule has 0 bridgehead atoms. The van der Waals surface area contributed by atoms with Crippen molar-refractivity contribution in [1.29, 1.82) is 0 Å². The molecule has 0 aromatic heterocycles. The normalized spacial score (nSPS) is 14.5. The van der Waals surface area contributed by atoms with Gasteiger partial charge in [0.05, 0.1) is 5.57 Å². The van der Waals surface area contributed by atoms with Crippen LogP contribution in [0.2, 0.25) is 0 Å². The molecule has 0 atom stereocenters. The van der Waals surface area contributed by atoms with Crippen LogP contribution in [-0.2, 0) is 11.2 Å². The van der Waals surface area contributed by atoms with E-state index in [-0.39, 0.29) is 0 Å². The Morgan fingerprint density at radius 1 is 1.43 bits per heavy atom. The molecule has 1 N–H and O–H groups in total. The van der Waals surface area contributed by atoms with Crippen molar-refractivity contribution >= 4 is 27.5 Å². The largest absolute Gasteiger partial charge is 0.478 e. The Morgan fingerprint density at radius 3 is 2.93 bits per heavy atom. The summed E-state index contributed by atoms with van der Waals surface area (Å²) in [6, 6.07) is 5.73. The number of halogens is 1. The minimum Gasteiger partial charge on any atom is -0.478 e. The lowest BCUT2D eigenvalue weighted by atomic mass is 9.91. The van der Waals surface area contributed by atoms with Crippen LogP contribution in [0.4, 0.5) is 0 Å². The first-order chi connectivity index (χ1) is 6.68. The molecule has 0 saturated heterocycles. The Balaban J connectivity index is 2.54. The molecule has 2 rings (SSSR count). The number of hydrogen-bond acceptors (Lipinski definition) is 1. The molecule has 0 spiro atoms. The minimum absolute atomic E-state index is 0.429. The number of rotatable bonds is 1. The van der Waals surface area contributed by atoms with E-state index in [1.807, 2.05) is 18.2 Å². The van der Waals surface area contributed by atoms with Crippen LogP contribution in [0.5, 0.6) is 0 Å². The first kappa shape index (κ1) is 9.46. The lowest BCUT2D eigenvalue weighted by Crippen LogP contribution is -2.07. The highest BCUT2D eigenvalue weighted by Crippen LogP contribution is 2.28. The van der Waals surface area contributed by atoms with Crippen LogP contribution in [-0.4, -0.2) is 11.1 Å². The van der Waals surface area contributed by atoms with Crippen molar-refractivity contribution in [3.8, 4) is 0 Å². The molecule has 0 radical (unpaired) electrons. The van der Waals surface area contributed by atoms with Crippen molar-refractivity contribution < 1.29 is 9.90 Å². The monoisotopic (exact) mass is 252 g/mol. The first-order valence-corrected chi connectivity index (χ1v) is 5.20. The van der Waals surface area contributed by atoms with Crippen LogP contribution in [0.1, 0.15) is 17.5 Å². The Kier molecular flexibility index (Phi) is 2.42. The standard InChI is InChI=1S/C11H9BrO2/c12-8-4-5-9-7(6-8)2-1-3-10(9)11(13)14/h3-6H,1-2H2,(H,13,14). The van der Waals surface area contributed by atoms with Gasteiger partial charge in [-0.25, -0.2) is 4.79 Å². The van der Waals surface area contributed by atoms with Crippen LogP contribution in [0, 0.1) is 0 Å². The van der Waals surface area contributed by atoms with E-state index >= 15 is 0 Å². The zero-order chi connectivity index (χ0) is 10.1. The lowest BCUT2D eigenvalue weighted by molar-refractivity contribution is -0.130. The molecule has 1 aromatic carbocycles. The predicted octanol–water partition coefficient (Wildman–Crippen LogP) is 2.86. The smallest absolute Gasteiger partial charge is 0.335 e. The van der Waals surface area contributed by atoms with Crippen LogP contribution in [0.15, 0.2) is 28.7 Å². The van der Waals surface area contributed by atoms with Crippen molar-refractivity contribution in [3.05, 3.63) is 39.9 Å². The summed E-state index contributed by atoms with van der Waals surface area (Å²) in [5.41, 5.74) is 2.39. The molecule has 0 heterocycles. The van der Waals surface area contributed by atoms with Gasteiger partial charge in [0.25, 0.3) is 0 Å². The summed E-state index contributed by atoms with van der Waals surface area (Å²) in [4.78, 5) is 10.9. The number of aryl methyl sites for hydroxylation is 1. The van der Waals surface area contributed by atoms with E-state index in [1.165, 1.54) is 0 Å². The van der Waals surface area contributed by atoms with Gasteiger partial charge in [0, 0.05) is 4.47 Å². The maximum atomic E-state index is 10.9. The Labute approximate surface area is 90.4 Å². The molecule has 14 heavy (non-hydrogen) atoms. The van der Waals surface area contributed by atoms with Crippen molar-refractivity contribution in [2.24, 2.45) is 0 Å². The molecule has 1 aliphatic rings. The number of benzene rings is 1. The lowest BCUT2D eigenvalue weighted by Gasteiger charge is -2.14. The van der Waals surface area contributed by atoms with E-state index in [1.54, 1.807) is 6.08 Å². The second-order valence-corrected chi connectivity index (χ2v) is 4.18. The van der Waals surface area contributed by atoms with E-state index in [0.717, 1.165) is 28.4 Å². The number of fused-ring (bicyclic) bond motifs is 1. The highest BCUT2D eigenvalue weighted by atomic mass is 79.9. The summed E-state index contributed by atoms with van der Waals surface area (Å²) in [5.74, 6) is -0.840. The zero-order valence-electron chi connectivity index (χ0n) is 7.46. The zero-order valence-corrected chi connectivity index (χ0v) is 9.04. The fourth-order valence-electron chi connectivity index (χ4n) is 1.72. The number of carboxylic acids is 1. The number of hydrogen-bond donors (Lipinski definition) is 1. The summed E-state index contributed by atoms with van der Waals surface area (Å²) < 4.78 is 1.00. The quantitative estimate of drug-likeness (QED) is 0.835. The summed E-state index contributed by atoms with van der Waals surface area (Å²) in [6.07, 6.45) is 3.52. The van der Waals surface area contributed by atoms with Crippen LogP contribution >= 0.6 is 15.9 Å².